The van der Waals surface area contributed by atoms with Gasteiger partial charge in [-0.05, 0) is 33.4 Å². The average molecular weight is 430 g/mol. The maximum Gasteiger partial charge on any atom is 1.00 e. The summed E-state index contributed by atoms with van der Waals surface area (Å²) in [6.45, 7) is 0. The van der Waals surface area contributed by atoms with E-state index < -0.39 is 0 Å². The van der Waals surface area contributed by atoms with Crippen LogP contribution in [0.2, 0.25) is 0 Å². The average Bonchev–Trinajstić information content (AvgIpc) is 2.78. The molecule has 160 valence electrons. The molecule has 0 fully saturated rings. The third kappa shape index (κ3) is 4.33. The number of hydrogen-bond donors (Lipinski definition) is 3. The molecule has 0 spiro atoms. The maximum atomic E-state index is 13.2. The molecule has 0 saturated carbocycles. The molecule has 1 aliphatic carbocycles. The number of rotatable bonds is 0. The fraction of sp³-hybridized carbons (Fsp3) is 0.143. The molecule has 8 bridgehead atoms. The molecule has 5 rings (SSSR count). The predicted molar refractivity (Wildman–Crippen MR) is 121 cm³/mol. The van der Waals surface area contributed by atoms with Crippen molar-refractivity contribution < 1.29 is 39.3 Å². The number of phenolic OH excluding ortho intramolecular Hbond substituents is 3. The first-order chi connectivity index (χ1) is 15.5. The number of para-hydroxylation sites is 4. The second-order valence-corrected chi connectivity index (χ2v) is 8.39. The van der Waals surface area contributed by atoms with Crippen LogP contribution in [0.15, 0.2) is 72.8 Å². The van der Waals surface area contributed by atoms with Gasteiger partial charge < -0.3 is 20.4 Å². The van der Waals surface area contributed by atoms with Gasteiger partial charge in [0.15, 0.2) is 0 Å². The van der Waals surface area contributed by atoms with E-state index in [0.29, 0.717) is 70.2 Å². The van der Waals surface area contributed by atoms with Crippen LogP contribution >= 0.6 is 0 Å². The summed E-state index contributed by atoms with van der Waals surface area (Å²) in [4.78, 5) is 0. The molecule has 1 aliphatic rings. The molecule has 0 saturated heterocycles. The molecule has 0 aromatic heterocycles. The van der Waals surface area contributed by atoms with Gasteiger partial charge in [-0.25, -0.2) is 0 Å². The Morgan fingerprint density at radius 3 is 0.909 bits per heavy atom. The van der Waals surface area contributed by atoms with Crippen molar-refractivity contribution in [3.05, 3.63) is 117 Å². The normalized spacial score (nSPS) is 12.6. The third-order valence-electron chi connectivity index (χ3n) is 6.31. The van der Waals surface area contributed by atoms with E-state index in [2.05, 4.69) is 0 Å². The van der Waals surface area contributed by atoms with Gasteiger partial charge in [-0.3, -0.25) is 0 Å². The molecule has 0 radical (unpaired) electrons. The van der Waals surface area contributed by atoms with Gasteiger partial charge in [0.05, 0.1) is 0 Å². The first kappa shape index (κ1) is 22.9. The van der Waals surface area contributed by atoms with Crippen molar-refractivity contribution in [3.8, 4) is 23.0 Å². The van der Waals surface area contributed by atoms with E-state index in [1.165, 1.54) is 0 Å². The summed E-state index contributed by atoms with van der Waals surface area (Å²) in [7, 11) is 0. The molecule has 0 heterocycles. The minimum absolute atomic E-state index is 0. The summed E-state index contributed by atoms with van der Waals surface area (Å²) >= 11 is 0. The predicted octanol–water partition coefficient (Wildman–Crippen LogP) is 1.56. The van der Waals surface area contributed by atoms with Crippen molar-refractivity contribution in [2.75, 3.05) is 0 Å². The Kier molecular flexibility index (Phi) is 6.42. The Balaban J connectivity index is 0.00000259. The number of hydrogen-bond acceptors (Lipinski definition) is 4. The Bertz CT molecular complexity index is 1040. The molecule has 0 atom stereocenters. The van der Waals surface area contributed by atoms with E-state index in [9.17, 15) is 20.4 Å². The molecule has 0 amide bonds. The monoisotopic (exact) mass is 430 g/mol. The molecule has 4 nitrogen and oxygen atoms in total. The van der Waals surface area contributed by atoms with Crippen molar-refractivity contribution in [3.63, 3.8) is 0 Å². The molecule has 3 N–H and O–H groups in total. The van der Waals surface area contributed by atoms with Crippen molar-refractivity contribution in [2.24, 2.45) is 0 Å². The molecule has 0 unspecified atom stereocenters. The van der Waals surface area contributed by atoms with Gasteiger partial charge >= 0.3 is 18.9 Å². The smallest absolute Gasteiger partial charge is 0.872 e. The molecule has 33 heavy (non-hydrogen) atoms. The largest absolute Gasteiger partial charge is 1.00 e. The Morgan fingerprint density at radius 1 is 0.424 bits per heavy atom. The maximum absolute atomic E-state index is 13.2. The van der Waals surface area contributed by atoms with Crippen molar-refractivity contribution in [1.82, 2.24) is 0 Å². The van der Waals surface area contributed by atoms with Gasteiger partial charge in [0.1, 0.15) is 17.2 Å². The fourth-order valence-corrected chi connectivity index (χ4v) is 4.53. The van der Waals surface area contributed by atoms with E-state index in [-0.39, 0.29) is 41.9 Å². The molecule has 4 aromatic rings. The van der Waals surface area contributed by atoms with Crippen molar-refractivity contribution in [1.29, 1.82) is 0 Å². The zero-order chi connectivity index (χ0) is 22.2. The Hall–Kier alpha value is -3.32. The molecular weight excluding hydrogens is 407 g/mol. The number of fused-ring (bicyclic) bond motifs is 8. The molecular formula is C28H23LiO4. The fourth-order valence-electron chi connectivity index (χ4n) is 4.53. The molecule has 5 heteroatoms. The van der Waals surface area contributed by atoms with Crippen LogP contribution in [-0.4, -0.2) is 15.3 Å². The Morgan fingerprint density at radius 2 is 0.636 bits per heavy atom. The van der Waals surface area contributed by atoms with Gasteiger partial charge in [0, 0.05) is 25.7 Å². The Labute approximate surface area is 205 Å². The number of phenols is 3. The van der Waals surface area contributed by atoms with E-state index in [0.717, 1.165) is 0 Å². The zero-order valence-corrected chi connectivity index (χ0v) is 18.5. The van der Waals surface area contributed by atoms with Crippen LogP contribution in [0.5, 0.6) is 23.0 Å². The van der Waals surface area contributed by atoms with Crippen LogP contribution in [0.3, 0.4) is 0 Å². The second-order valence-electron chi connectivity index (χ2n) is 8.39. The van der Waals surface area contributed by atoms with Gasteiger partial charge in [0.2, 0.25) is 0 Å². The van der Waals surface area contributed by atoms with E-state index in [1.807, 2.05) is 60.7 Å². The van der Waals surface area contributed by atoms with Crippen LogP contribution in [0.1, 0.15) is 44.5 Å². The molecule has 4 aromatic carbocycles. The summed E-state index contributed by atoms with van der Waals surface area (Å²) in [5.41, 5.74) is 5.32. The summed E-state index contributed by atoms with van der Waals surface area (Å²) in [6, 6.07) is 22.0. The second kappa shape index (κ2) is 9.27. The minimum Gasteiger partial charge on any atom is -0.872 e. The van der Waals surface area contributed by atoms with Crippen LogP contribution < -0.4 is 24.0 Å². The first-order valence-electron chi connectivity index (χ1n) is 10.7. The van der Waals surface area contributed by atoms with Crippen LogP contribution in [0.4, 0.5) is 0 Å². The summed E-state index contributed by atoms with van der Waals surface area (Å²) in [5.74, 6) is 0.396. The standard InChI is InChI=1S/C28H24O4.Li/c29-25-17-5-1-6-18(25)14-20-8-3-10-22(27(20)31)16-24-12-4-11-23(28(24)32)15-21-9-2-7-19(13-17)26(21)30;/h1-12,29-32H,13-16H2;/q;+1/p-1. The van der Waals surface area contributed by atoms with Gasteiger partial charge in [-0.15, -0.1) is 5.75 Å². The van der Waals surface area contributed by atoms with Gasteiger partial charge in [-0.2, -0.15) is 0 Å². The summed E-state index contributed by atoms with van der Waals surface area (Å²) < 4.78 is 0. The minimum atomic E-state index is -0.0722. The van der Waals surface area contributed by atoms with E-state index >= 15 is 0 Å². The van der Waals surface area contributed by atoms with E-state index in [1.54, 1.807) is 12.1 Å². The van der Waals surface area contributed by atoms with Crippen LogP contribution in [0.25, 0.3) is 0 Å². The van der Waals surface area contributed by atoms with Gasteiger partial charge in [-0.1, -0.05) is 83.9 Å². The van der Waals surface area contributed by atoms with Crippen LogP contribution in [-0.2, 0) is 25.7 Å². The van der Waals surface area contributed by atoms with Gasteiger partial charge in [0.25, 0.3) is 0 Å². The third-order valence-corrected chi connectivity index (χ3v) is 6.31. The number of aromatic hydroxyl groups is 3. The number of benzene rings is 4. The summed E-state index contributed by atoms with van der Waals surface area (Å²) in [6.07, 6.45) is 1.33. The van der Waals surface area contributed by atoms with E-state index in [4.69, 9.17) is 0 Å². The SMILES string of the molecule is [Li+].[O-]c1c2cccc1Cc1cccc(c1O)Cc1cccc(c1O)Cc1cccc(c1O)C2. The van der Waals surface area contributed by atoms with Crippen molar-refractivity contribution >= 4 is 0 Å². The molecule has 0 aliphatic heterocycles. The van der Waals surface area contributed by atoms with Crippen molar-refractivity contribution in [2.45, 2.75) is 25.7 Å². The van der Waals surface area contributed by atoms with Crippen LogP contribution in [0, 0.1) is 0 Å². The topological polar surface area (TPSA) is 83.8 Å². The first-order valence-corrected chi connectivity index (χ1v) is 10.7. The quantitative estimate of drug-likeness (QED) is 0.326. The zero-order valence-electron chi connectivity index (χ0n) is 18.5. The summed E-state index contributed by atoms with van der Waals surface area (Å²) in [5, 5.41) is 46.0.